The molecule has 0 aromatic carbocycles. The molecule has 55 heavy (non-hydrogen) atoms. The third-order valence-corrected chi connectivity index (χ3v) is 10.2. The summed E-state index contributed by atoms with van der Waals surface area (Å²) in [6.45, 7) is 3.60. The van der Waals surface area contributed by atoms with Crippen LogP contribution in [0.15, 0.2) is 48.6 Å². The van der Waals surface area contributed by atoms with Gasteiger partial charge in [-0.2, -0.15) is 0 Å². The van der Waals surface area contributed by atoms with E-state index in [-0.39, 0.29) is 31.7 Å². The molecule has 9 nitrogen and oxygen atoms in total. The van der Waals surface area contributed by atoms with Gasteiger partial charge < -0.3 is 24.0 Å². The molecule has 0 spiro atoms. The Kier molecular flexibility index (Phi) is 33.7. The Balaban J connectivity index is 2.09. The smallest absolute Gasteiger partial charge is 0.462 e. The van der Waals surface area contributed by atoms with Crippen LogP contribution in [0.3, 0.4) is 0 Å². The summed E-state index contributed by atoms with van der Waals surface area (Å²) in [7, 11) is -4.78. The molecule has 0 aromatic rings. The Morgan fingerprint density at radius 3 is 1.65 bits per heavy atom. The second-order valence-electron chi connectivity index (χ2n) is 15.1. The van der Waals surface area contributed by atoms with Crippen LogP contribution in [0, 0.1) is 0 Å². The number of hydrogen-bond acceptors (Lipinski definition) is 7. The second-order valence-corrected chi connectivity index (χ2v) is 16.3. The van der Waals surface area contributed by atoms with E-state index in [2.05, 4.69) is 67.0 Å². The van der Waals surface area contributed by atoms with E-state index in [1.165, 1.54) is 103 Å². The molecule has 1 rings (SSSR count). The Hall–Kier alpha value is -2.03. The number of hydrogen-bond donors (Lipinski definition) is 2. The van der Waals surface area contributed by atoms with Crippen molar-refractivity contribution in [3.8, 4) is 0 Å². The molecule has 3 atom stereocenters. The number of ether oxygens (including phenoxy) is 3. The maximum atomic E-state index is 12.5. The van der Waals surface area contributed by atoms with Gasteiger partial charge in [0.25, 0.3) is 0 Å². The van der Waals surface area contributed by atoms with Crippen molar-refractivity contribution >= 4 is 19.8 Å². The van der Waals surface area contributed by atoms with Crippen molar-refractivity contribution in [1.29, 1.82) is 0 Å². The average molecular weight is 795 g/mol. The summed E-state index contributed by atoms with van der Waals surface area (Å²) in [5.74, 6) is -0.962. The zero-order chi connectivity index (χ0) is 40.1. The lowest BCUT2D eigenvalue weighted by molar-refractivity contribution is -0.161. The van der Waals surface area contributed by atoms with Gasteiger partial charge in [-0.05, 0) is 77.0 Å². The van der Waals surface area contributed by atoms with Gasteiger partial charge in [0, 0.05) is 12.8 Å². The molecular formula is C45H79O9P. The molecule has 0 amide bonds. The molecule has 0 aromatic heterocycles. The van der Waals surface area contributed by atoms with E-state index >= 15 is 0 Å². The fourth-order valence-electron chi connectivity index (χ4n) is 6.34. The summed E-state index contributed by atoms with van der Waals surface area (Å²) >= 11 is 0. The molecule has 10 heteroatoms. The highest BCUT2D eigenvalue weighted by Crippen LogP contribution is 2.36. The SMILES string of the molecule is CCCCC/C=C\C/C=C\C/C=C\CC1OC1CCCC(=O)O[C@H](COC(=O)CCCCCCCCCCC/C=C\CCCCCCCC)COP(=O)(O)O. The summed E-state index contributed by atoms with van der Waals surface area (Å²) in [6, 6.07) is 0. The van der Waals surface area contributed by atoms with E-state index in [9.17, 15) is 14.2 Å². The largest absolute Gasteiger partial charge is 0.469 e. The molecule has 1 saturated heterocycles. The monoisotopic (exact) mass is 795 g/mol. The van der Waals surface area contributed by atoms with Crippen molar-refractivity contribution in [2.24, 2.45) is 0 Å². The lowest BCUT2D eigenvalue weighted by Gasteiger charge is -2.18. The molecule has 2 N–H and O–H groups in total. The predicted octanol–water partition coefficient (Wildman–Crippen LogP) is 12.5. The first-order valence-corrected chi connectivity index (χ1v) is 23.6. The van der Waals surface area contributed by atoms with Crippen LogP contribution in [0.1, 0.15) is 194 Å². The summed E-state index contributed by atoms with van der Waals surface area (Å²) in [6.07, 6.45) is 47.1. The molecule has 318 valence electrons. The molecule has 1 fully saturated rings. The van der Waals surface area contributed by atoms with Crippen molar-refractivity contribution in [2.45, 2.75) is 212 Å². The molecule has 1 aliphatic rings. The molecule has 1 aliphatic heterocycles. The minimum Gasteiger partial charge on any atom is -0.462 e. The second kappa shape index (κ2) is 36.3. The van der Waals surface area contributed by atoms with E-state index in [1.807, 2.05) is 0 Å². The minimum atomic E-state index is -4.78. The van der Waals surface area contributed by atoms with Gasteiger partial charge in [0.05, 0.1) is 18.8 Å². The number of epoxide rings is 1. The minimum absolute atomic E-state index is 0.113. The van der Waals surface area contributed by atoms with Crippen molar-refractivity contribution in [1.82, 2.24) is 0 Å². The normalized spacial score (nSPS) is 16.6. The molecule has 0 bridgehead atoms. The number of phosphoric acid groups is 1. The fourth-order valence-corrected chi connectivity index (χ4v) is 6.70. The fraction of sp³-hybridized carbons (Fsp3) is 0.778. The Bertz CT molecular complexity index is 1100. The van der Waals surface area contributed by atoms with Crippen LogP contribution in [0.25, 0.3) is 0 Å². The lowest BCUT2D eigenvalue weighted by atomic mass is 10.1. The maximum absolute atomic E-state index is 12.5. The van der Waals surface area contributed by atoms with Gasteiger partial charge in [0.2, 0.25) is 0 Å². The number of rotatable bonds is 39. The molecular weight excluding hydrogens is 715 g/mol. The Labute approximate surface area is 335 Å². The van der Waals surface area contributed by atoms with E-state index in [0.717, 1.165) is 44.9 Å². The highest BCUT2D eigenvalue weighted by Gasteiger charge is 2.36. The van der Waals surface area contributed by atoms with Crippen LogP contribution >= 0.6 is 7.82 Å². The van der Waals surface area contributed by atoms with Crippen LogP contribution in [-0.2, 0) is 32.9 Å². The first-order valence-electron chi connectivity index (χ1n) is 22.1. The van der Waals surface area contributed by atoms with Crippen molar-refractivity contribution < 1.29 is 42.7 Å². The number of phosphoric ester groups is 1. The van der Waals surface area contributed by atoms with Crippen molar-refractivity contribution in [2.75, 3.05) is 13.2 Å². The van der Waals surface area contributed by atoms with Crippen molar-refractivity contribution in [3.63, 3.8) is 0 Å². The zero-order valence-corrected chi connectivity index (χ0v) is 35.7. The lowest BCUT2D eigenvalue weighted by Crippen LogP contribution is -2.29. The van der Waals surface area contributed by atoms with Gasteiger partial charge in [-0.25, -0.2) is 4.57 Å². The van der Waals surface area contributed by atoms with Crippen LogP contribution in [0.2, 0.25) is 0 Å². The highest BCUT2D eigenvalue weighted by molar-refractivity contribution is 7.46. The number of allylic oxidation sites excluding steroid dienone is 7. The number of esters is 2. The highest BCUT2D eigenvalue weighted by atomic mass is 31.2. The Morgan fingerprint density at radius 2 is 1.05 bits per heavy atom. The maximum Gasteiger partial charge on any atom is 0.469 e. The Morgan fingerprint density at radius 1 is 0.582 bits per heavy atom. The van der Waals surface area contributed by atoms with Crippen LogP contribution in [0.5, 0.6) is 0 Å². The van der Waals surface area contributed by atoms with Crippen LogP contribution in [0.4, 0.5) is 0 Å². The van der Waals surface area contributed by atoms with Crippen LogP contribution < -0.4 is 0 Å². The van der Waals surface area contributed by atoms with E-state index in [4.69, 9.17) is 24.0 Å². The first-order chi connectivity index (χ1) is 26.7. The average Bonchev–Trinajstić information content (AvgIpc) is 3.91. The quantitative estimate of drug-likeness (QED) is 0.0205. The molecule has 1 heterocycles. The third-order valence-electron chi connectivity index (χ3n) is 9.74. The van der Waals surface area contributed by atoms with E-state index < -0.39 is 32.5 Å². The molecule has 0 aliphatic carbocycles. The van der Waals surface area contributed by atoms with Gasteiger partial charge in [-0.15, -0.1) is 0 Å². The number of unbranched alkanes of at least 4 members (excludes halogenated alkanes) is 18. The topological polar surface area (TPSA) is 132 Å². The van der Waals surface area contributed by atoms with Gasteiger partial charge in [0.1, 0.15) is 6.61 Å². The van der Waals surface area contributed by atoms with Gasteiger partial charge in [-0.1, -0.05) is 152 Å². The standard InChI is InChI=1S/C45H79O9P/c1-3-5-7-9-11-13-15-17-18-19-20-21-22-23-25-27-29-31-33-37-44(46)51-39-41(40-52-55(48,49)50)53-45(47)38-34-36-43-42(54-43)35-32-30-28-26-24-16-14-12-10-8-6-4-2/h12,14,17-18,24,26,30,32,41-43H,3-11,13,15-16,19-23,25,27-29,31,33-40H2,1-2H3,(H2,48,49,50)/b14-12-,18-17-,26-24-,32-30-/t41-,42?,43?/m1/s1. The van der Waals surface area contributed by atoms with E-state index in [0.29, 0.717) is 19.3 Å². The number of carbonyl (C=O) groups is 2. The molecule has 2 unspecified atom stereocenters. The van der Waals surface area contributed by atoms with Gasteiger partial charge in [-0.3, -0.25) is 14.1 Å². The third kappa shape index (κ3) is 36.1. The van der Waals surface area contributed by atoms with Crippen LogP contribution in [-0.4, -0.2) is 53.3 Å². The molecule has 0 saturated carbocycles. The zero-order valence-electron chi connectivity index (χ0n) is 34.8. The first kappa shape index (κ1) is 51.0. The van der Waals surface area contributed by atoms with Gasteiger partial charge >= 0.3 is 19.8 Å². The summed E-state index contributed by atoms with van der Waals surface area (Å²) < 4.78 is 32.2. The summed E-state index contributed by atoms with van der Waals surface area (Å²) in [5.41, 5.74) is 0. The van der Waals surface area contributed by atoms with Crippen molar-refractivity contribution in [3.05, 3.63) is 48.6 Å². The summed E-state index contributed by atoms with van der Waals surface area (Å²) in [5, 5.41) is 0. The predicted molar refractivity (Wildman–Crippen MR) is 225 cm³/mol. The summed E-state index contributed by atoms with van der Waals surface area (Å²) in [4.78, 5) is 43.0. The van der Waals surface area contributed by atoms with Gasteiger partial charge in [0.15, 0.2) is 6.10 Å². The van der Waals surface area contributed by atoms with E-state index in [1.54, 1.807) is 0 Å². The number of carbonyl (C=O) groups excluding carboxylic acids is 2. The molecule has 0 radical (unpaired) electrons.